The maximum atomic E-state index is 15.0. The van der Waals surface area contributed by atoms with Gasteiger partial charge < -0.3 is 4.74 Å². The highest BCUT2D eigenvalue weighted by molar-refractivity contribution is 5.33. The average Bonchev–Trinajstić information content (AvgIpc) is 3.07. The lowest BCUT2D eigenvalue weighted by atomic mass is 9.76. The molecule has 2 saturated carbocycles. The number of hydrogen-bond donors (Lipinski definition) is 0. The van der Waals surface area contributed by atoms with Crippen molar-refractivity contribution < 1.29 is 22.3 Å². The van der Waals surface area contributed by atoms with Crippen LogP contribution in [0.2, 0.25) is 0 Å². The van der Waals surface area contributed by atoms with Crippen molar-refractivity contribution in [3.8, 4) is 5.75 Å². The van der Waals surface area contributed by atoms with Gasteiger partial charge in [-0.3, -0.25) is 0 Å². The van der Waals surface area contributed by atoms with Crippen LogP contribution < -0.4 is 4.74 Å². The zero-order valence-corrected chi connectivity index (χ0v) is 28.8. The minimum Gasteiger partial charge on any atom is -0.490 e. The van der Waals surface area contributed by atoms with Crippen molar-refractivity contribution in [3.05, 3.63) is 64.2 Å². The first-order valence-electron chi connectivity index (χ1n) is 19.0. The highest BCUT2D eigenvalue weighted by atomic mass is 19.2. The molecule has 0 aromatic heterocycles. The van der Waals surface area contributed by atoms with Gasteiger partial charge in [-0.2, -0.15) is 4.39 Å². The molecule has 0 radical (unpaired) electrons. The summed E-state index contributed by atoms with van der Waals surface area (Å²) in [6.45, 7) is 4.74. The van der Waals surface area contributed by atoms with E-state index in [0.29, 0.717) is 35.6 Å². The van der Waals surface area contributed by atoms with Gasteiger partial charge in [0, 0.05) is 0 Å². The van der Waals surface area contributed by atoms with Gasteiger partial charge in [0.25, 0.3) is 0 Å². The van der Waals surface area contributed by atoms with Gasteiger partial charge in [0.2, 0.25) is 5.82 Å². The summed E-state index contributed by atoms with van der Waals surface area (Å²) in [5.41, 5.74) is 1.62. The molecular weight excluding hydrogens is 584 g/mol. The molecule has 2 aromatic carbocycles. The Bertz CT molecular complexity index is 1160. The van der Waals surface area contributed by atoms with Crippen LogP contribution in [0.5, 0.6) is 5.75 Å². The third kappa shape index (κ3) is 10.7. The second kappa shape index (κ2) is 19.7. The summed E-state index contributed by atoms with van der Waals surface area (Å²) in [6.07, 6.45) is 23.3. The standard InChI is InChI=1S/C41H60F4O/c1-3-5-10-14-30-17-23-33(24-18-30)36-27-28-37(41(45)40(36)44)46-29-13-9-7-8-12-15-31-19-21-32(22-20-31)35-26-25-34(16-11-6-4-2)38(42)39(35)43/h25-28,30-33H,3-24,29H2,1-2H3. The van der Waals surface area contributed by atoms with Crippen LogP contribution in [0.4, 0.5) is 17.6 Å². The molecule has 258 valence electrons. The Hall–Kier alpha value is -2.04. The van der Waals surface area contributed by atoms with E-state index >= 15 is 0 Å². The van der Waals surface area contributed by atoms with Crippen LogP contribution in [0, 0.1) is 35.1 Å². The number of hydrogen-bond acceptors (Lipinski definition) is 1. The van der Waals surface area contributed by atoms with E-state index in [-0.39, 0.29) is 17.6 Å². The predicted octanol–water partition coefficient (Wildman–Crippen LogP) is 13.5. The second-order valence-electron chi connectivity index (χ2n) is 14.5. The Labute approximate surface area is 277 Å². The summed E-state index contributed by atoms with van der Waals surface area (Å²) in [4.78, 5) is 0. The van der Waals surface area contributed by atoms with E-state index in [9.17, 15) is 17.6 Å². The van der Waals surface area contributed by atoms with Crippen LogP contribution in [-0.4, -0.2) is 6.61 Å². The lowest BCUT2D eigenvalue weighted by Crippen LogP contribution is -2.15. The molecule has 0 atom stereocenters. The summed E-state index contributed by atoms with van der Waals surface area (Å²) >= 11 is 0. The van der Waals surface area contributed by atoms with Crippen molar-refractivity contribution in [1.29, 1.82) is 0 Å². The average molecular weight is 645 g/mol. The third-order valence-electron chi connectivity index (χ3n) is 11.1. The second-order valence-corrected chi connectivity index (χ2v) is 14.5. The highest BCUT2D eigenvalue weighted by Gasteiger charge is 2.28. The van der Waals surface area contributed by atoms with Crippen LogP contribution in [0.25, 0.3) is 0 Å². The summed E-state index contributed by atoms with van der Waals surface area (Å²) < 4.78 is 65.0. The molecule has 4 rings (SSSR count). The fourth-order valence-electron chi connectivity index (χ4n) is 8.11. The molecule has 2 fully saturated rings. The van der Waals surface area contributed by atoms with Crippen LogP contribution >= 0.6 is 0 Å². The molecule has 2 aromatic rings. The summed E-state index contributed by atoms with van der Waals surface area (Å²) in [6, 6.07) is 7.04. The molecule has 46 heavy (non-hydrogen) atoms. The van der Waals surface area contributed by atoms with Crippen LogP contribution in [0.1, 0.15) is 177 Å². The van der Waals surface area contributed by atoms with E-state index in [0.717, 1.165) is 102 Å². The molecule has 0 unspecified atom stereocenters. The quantitative estimate of drug-likeness (QED) is 0.109. The first-order valence-corrected chi connectivity index (χ1v) is 19.0. The van der Waals surface area contributed by atoms with E-state index in [1.165, 1.54) is 38.5 Å². The molecule has 2 aliphatic rings. The first-order chi connectivity index (χ1) is 22.4. The topological polar surface area (TPSA) is 9.23 Å². The van der Waals surface area contributed by atoms with Crippen molar-refractivity contribution in [3.63, 3.8) is 0 Å². The minimum atomic E-state index is -0.829. The molecule has 0 aliphatic heterocycles. The molecular formula is C41H60F4O. The largest absolute Gasteiger partial charge is 0.490 e. The first kappa shape index (κ1) is 36.8. The van der Waals surface area contributed by atoms with Gasteiger partial charge in [0.05, 0.1) is 6.61 Å². The smallest absolute Gasteiger partial charge is 0.200 e. The molecule has 0 heterocycles. The number of rotatable bonds is 19. The van der Waals surface area contributed by atoms with Crippen LogP contribution in [0.3, 0.4) is 0 Å². The van der Waals surface area contributed by atoms with E-state index < -0.39 is 23.3 Å². The van der Waals surface area contributed by atoms with Crippen LogP contribution in [-0.2, 0) is 6.42 Å². The number of halogens is 4. The SMILES string of the molecule is CCCCCc1ccc(C2CCC(CCCCCCCOc3ccc(C4CCC(CCCCC)CC4)c(F)c3F)CC2)c(F)c1F. The maximum Gasteiger partial charge on any atom is 0.200 e. The Balaban J connectivity index is 1.07. The van der Waals surface area contributed by atoms with E-state index in [1.54, 1.807) is 12.1 Å². The molecule has 0 saturated heterocycles. The lowest BCUT2D eigenvalue weighted by Gasteiger charge is -2.29. The Kier molecular flexibility index (Phi) is 15.8. The molecule has 0 spiro atoms. The molecule has 5 heteroatoms. The minimum absolute atomic E-state index is 0.0376. The summed E-state index contributed by atoms with van der Waals surface area (Å²) in [5.74, 6) is -1.09. The summed E-state index contributed by atoms with van der Waals surface area (Å²) in [7, 11) is 0. The van der Waals surface area contributed by atoms with E-state index in [4.69, 9.17) is 4.74 Å². The molecule has 2 aliphatic carbocycles. The van der Waals surface area contributed by atoms with E-state index in [1.807, 2.05) is 12.1 Å². The van der Waals surface area contributed by atoms with Gasteiger partial charge in [0.15, 0.2) is 23.2 Å². The van der Waals surface area contributed by atoms with E-state index in [2.05, 4.69) is 13.8 Å². The summed E-state index contributed by atoms with van der Waals surface area (Å²) in [5, 5.41) is 0. The molecule has 0 amide bonds. The predicted molar refractivity (Wildman–Crippen MR) is 183 cm³/mol. The molecule has 0 N–H and O–H groups in total. The lowest BCUT2D eigenvalue weighted by molar-refractivity contribution is 0.277. The monoisotopic (exact) mass is 644 g/mol. The van der Waals surface area contributed by atoms with Crippen molar-refractivity contribution in [2.45, 2.75) is 167 Å². The van der Waals surface area contributed by atoms with Gasteiger partial charge in [-0.05, 0) is 117 Å². The van der Waals surface area contributed by atoms with Gasteiger partial charge in [-0.15, -0.1) is 0 Å². The van der Waals surface area contributed by atoms with Gasteiger partial charge in [-0.1, -0.05) is 103 Å². The number of ether oxygens (including phenoxy) is 1. The Morgan fingerprint density at radius 3 is 1.63 bits per heavy atom. The van der Waals surface area contributed by atoms with Crippen molar-refractivity contribution in [2.75, 3.05) is 6.61 Å². The van der Waals surface area contributed by atoms with Gasteiger partial charge in [-0.25, -0.2) is 13.2 Å². The highest BCUT2D eigenvalue weighted by Crippen LogP contribution is 2.41. The van der Waals surface area contributed by atoms with Crippen molar-refractivity contribution >= 4 is 0 Å². The fourth-order valence-corrected chi connectivity index (χ4v) is 8.11. The molecule has 1 nitrogen and oxygen atoms in total. The molecule has 0 bridgehead atoms. The van der Waals surface area contributed by atoms with Crippen LogP contribution in [0.15, 0.2) is 24.3 Å². The Morgan fingerprint density at radius 2 is 1.02 bits per heavy atom. The van der Waals surface area contributed by atoms with Gasteiger partial charge >= 0.3 is 0 Å². The van der Waals surface area contributed by atoms with Crippen molar-refractivity contribution in [1.82, 2.24) is 0 Å². The normalized spacial score (nSPS) is 21.9. The fraction of sp³-hybridized carbons (Fsp3) is 0.707. The number of unbranched alkanes of at least 4 members (excludes halogenated alkanes) is 8. The third-order valence-corrected chi connectivity index (χ3v) is 11.1. The Morgan fingerprint density at radius 1 is 0.522 bits per heavy atom. The number of benzene rings is 2. The zero-order valence-electron chi connectivity index (χ0n) is 28.8. The number of aryl methyl sites for hydroxylation is 1. The maximum absolute atomic E-state index is 15.0. The zero-order chi connectivity index (χ0) is 32.7. The van der Waals surface area contributed by atoms with Gasteiger partial charge in [0.1, 0.15) is 0 Å². The van der Waals surface area contributed by atoms with Crippen molar-refractivity contribution in [2.24, 2.45) is 11.8 Å².